The minimum Gasteiger partial charge on any atom is -0.458 e. The fourth-order valence-electron chi connectivity index (χ4n) is 3.81. The lowest BCUT2D eigenvalue weighted by Gasteiger charge is -2.21. The van der Waals surface area contributed by atoms with Crippen molar-refractivity contribution < 1.29 is 19.1 Å². The second kappa shape index (κ2) is 5.88. The van der Waals surface area contributed by atoms with Crippen molar-refractivity contribution in [2.24, 2.45) is 0 Å². The highest BCUT2D eigenvalue weighted by molar-refractivity contribution is 6.09. The van der Waals surface area contributed by atoms with Crippen molar-refractivity contribution in [2.75, 3.05) is 0 Å². The van der Waals surface area contributed by atoms with Gasteiger partial charge in [0.25, 0.3) is 0 Å². The van der Waals surface area contributed by atoms with E-state index in [-0.39, 0.29) is 11.9 Å². The number of carbonyl (C=O) groups excluding carboxylic acids is 2. The molecule has 0 unspecified atom stereocenters. The molecule has 0 saturated heterocycles. The maximum atomic E-state index is 11.6. The summed E-state index contributed by atoms with van der Waals surface area (Å²) in [6, 6.07) is 16.5. The van der Waals surface area contributed by atoms with Crippen molar-refractivity contribution in [2.45, 2.75) is 32.5 Å². The molecule has 0 radical (unpaired) electrons. The van der Waals surface area contributed by atoms with E-state index in [4.69, 9.17) is 9.47 Å². The summed E-state index contributed by atoms with van der Waals surface area (Å²) in [5, 5.41) is 4.46. The molecule has 4 rings (SSSR count). The third-order valence-electron chi connectivity index (χ3n) is 4.71. The molecule has 0 N–H and O–H groups in total. The zero-order chi connectivity index (χ0) is 17.6. The van der Waals surface area contributed by atoms with E-state index in [1.807, 2.05) is 18.2 Å². The molecular weight excluding hydrogens is 316 g/mol. The molecule has 2 atom stereocenters. The Hall–Kier alpha value is -2.88. The second-order valence-corrected chi connectivity index (χ2v) is 6.40. The Bertz CT molecular complexity index is 1010. The van der Waals surface area contributed by atoms with Crippen LogP contribution in [-0.4, -0.2) is 18.0 Å². The molecule has 0 spiro atoms. The number of carbonyl (C=O) groups is 2. The molecule has 0 saturated carbocycles. The lowest BCUT2D eigenvalue weighted by molar-refractivity contribution is -0.164. The quantitative estimate of drug-likeness (QED) is 0.523. The van der Waals surface area contributed by atoms with Gasteiger partial charge in [0.1, 0.15) is 6.10 Å². The van der Waals surface area contributed by atoms with Crippen LogP contribution in [0.15, 0.2) is 48.5 Å². The number of esters is 2. The van der Waals surface area contributed by atoms with E-state index in [1.54, 1.807) is 0 Å². The average molecular weight is 334 g/mol. The van der Waals surface area contributed by atoms with Gasteiger partial charge in [-0.25, -0.2) is 0 Å². The van der Waals surface area contributed by atoms with Gasteiger partial charge in [-0.15, -0.1) is 0 Å². The summed E-state index contributed by atoms with van der Waals surface area (Å²) in [6.07, 6.45) is -0.495. The van der Waals surface area contributed by atoms with E-state index in [9.17, 15) is 9.59 Å². The van der Waals surface area contributed by atoms with Crippen molar-refractivity contribution in [3.8, 4) is 0 Å². The molecule has 3 aromatic carbocycles. The Morgan fingerprint density at radius 3 is 2.32 bits per heavy atom. The van der Waals surface area contributed by atoms with E-state index in [2.05, 4.69) is 30.3 Å². The SMILES string of the molecule is CC(=O)O[C@@H]1Cc2ccc3c(ccc4ccccc43)c2[C@@H]1OC(C)=O. The minimum absolute atomic E-state index is 0.371. The highest BCUT2D eigenvalue weighted by atomic mass is 16.6. The topological polar surface area (TPSA) is 52.6 Å². The van der Waals surface area contributed by atoms with E-state index in [1.165, 1.54) is 13.8 Å². The van der Waals surface area contributed by atoms with Crippen molar-refractivity contribution in [1.29, 1.82) is 0 Å². The van der Waals surface area contributed by atoms with E-state index in [0.717, 1.165) is 32.7 Å². The first-order valence-corrected chi connectivity index (χ1v) is 8.32. The summed E-state index contributed by atoms with van der Waals surface area (Å²) >= 11 is 0. The molecular formula is C21H18O4. The van der Waals surface area contributed by atoms with Gasteiger partial charge in [-0.3, -0.25) is 9.59 Å². The number of rotatable bonds is 2. The van der Waals surface area contributed by atoms with Gasteiger partial charge in [0.15, 0.2) is 6.10 Å². The van der Waals surface area contributed by atoms with Crippen LogP contribution in [0.5, 0.6) is 0 Å². The first-order valence-electron chi connectivity index (χ1n) is 8.32. The molecule has 0 aromatic heterocycles. The fraction of sp³-hybridized carbons (Fsp3) is 0.238. The van der Waals surface area contributed by atoms with Gasteiger partial charge < -0.3 is 9.47 Å². The van der Waals surface area contributed by atoms with Crippen LogP contribution in [0, 0.1) is 0 Å². The highest BCUT2D eigenvalue weighted by Crippen LogP contribution is 2.42. The molecule has 3 aromatic rings. The van der Waals surface area contributed by atoms with Crippen molar-refractivity contribution in [3.05, 3.63) is 59.7 Å². The smallest absolute Gasteiger partial charge is 0.303 e. The maximum Gasteiger partial charge on any atom is 0.303 e. The molecule has 4 heteroatoms. The normalized spacial score (nSPS) is 19.0. The van der Waals surface area contributed by atoms with Crippen molar-refractivity contribution >= 4 is 33.5 Å². The summed E-state index contributed by atoms with van der Waals surface area (Å²) in [5.41, 5.74) is 2.00. The number of fused-ring (bicyclic) bond motifs is 5. The Morgan fingerprint density at radius 2 is 1.56 bits per heavy atom. The van der Waals surface area contributed by atoms with Crippen LogP contribution in [0.4, 0.5) is 0 Å². The summed E-state index contributed by atoms with van der Waals surface area (Å²) in [4.78, 5) is 23.1. The molecule has 25 heavy (non-hydrogen) atoms. The van der Waals surface area contributed by atoms with Gasteiger partial charge in [0, 0.05) is 25.8 Å². The van der Waals surface area contributed by atoms with E-state index >= 15 is 0 Å². The molecule has 0 amide bonds. The van der Waals surface area contributed by atoms with Crippen LogP contribution in [0.25, 0.3) is 21.5 Å². The fourth-order valence-corrected chi connectivity index (χ4v) is 3.81. The average Bonchev–Trinajstić information content (AvgIpc) is 2.91. The molecule has 0 fully saturated rings. The molecule has 0 heterocycles. The van der Waals surface area contributed by atoms with Crippen LogP contribution < -0.4 is 0 Å². The number of ether oxygens (including phenoxy) is 2. The van der Waals surface area contributed by atoms with Gasteiger partial charge in [-0.05, 0) is 27.1 Å². The van der Waals surface area contributed by atoms with Crippen LogP contribution in [-0.2, 0) is 25.5 Å². The van der Waals surface area contributed by atoms with Crippen molar-refractivity contribution in [3.63, 3.8) is 0 Å². The standard InChI is InChI=1S/C21H18O4/c1-12(22)24-19-11-15-8-9-17-16-6-4-3-5-14(16)7-10-18(17)20(15)21(19)25-13(2)23/h3-10,19,21H,11H2,1-2H3/t19-,21-/m1/s1. The molecule has 126 valence electrons. The Morgan fingerprint density at radius 1 is 0.840 bits per heavy atom. The van der Waals surface area contributed by atoms with Gasteiger partial charge in [-0.1, -0.05) is 48.5 Å². The summed E-state index contributed by atoms with van der Waals surface area (Å²) < 4.78 is 11.0. The Balaban J connectivity index is 1.93. The second-order valence-electron chi connectivity index (χ2n) is 6.40. The van der Waals surface area contributed by atoms with Crippen LogP contribution >= 0.6 is 0 Å². The minimum atomic E-state index is -0.568. The largest absolute Gasteiger partial charge is 0.458 e. The number of hydrogen-bond donors (Lipinski definition) is 0. The molecule has 4 nitrogen and oxygen atoms in total. The Kier molecular flexibility index (Phi) is 3.68. The van der Waals surface area contributed by atoms with Gasteiger partial charge in [-0.2, -0.15) is 0 Å². The zero-order valence-corrected chi connectivity index (χ0v) is 14.1. The van der Waals surface area contributed by atoms with Crippen LogP contribution in [0.3, 0.4) is 0 Å². The van der Waals surface area contributed by atoms with E-state index < -0.39 is 12.2 Å². The van der Waals surface area contributed by atoms with Crippen LogP contribution in [0.1, 0.15) is 31.1 Å². The number of hydrogen-bond acceptors (Lipinski definition) is 4. The summed E-state index contributed by atoms with van der Waals surface area (Å²) in [6.45, 7) is 2.75. The maximum absolute atomic E-state index is 11.6. The zero-order valence-electron chi connectivity index (χ0n) is 14.1. The van der Waals surface area contributed by atoms with Crippen LogP contribution in [0.2, 0.25) is 0 Å². The van der Waals surface area contributed by atoms with Gasteiger partial charge in [0.05, 0.1) is 0 Å². The summed E-state index contributed by atoms with van der Waals surface area (Å²) in [7, 11) is 0. The third kappa shape index (κ3) is 2.64. The third-order valence-corrected chi connectivity index (χ3v) is 4.71. The number of benzene rings is 3. The Labute approximate surface area is 145 Å². The van der Waals surface area contributed by atoms with Crippen molar-refractivity contribution in [1.82, 2.24) is 0 Å². The highest BCUT2D eigenvalue weighted by Gasteiger charge is 2.38. The molecule has 1 aliphatic rings. The summed E-state index contributed by atoms with van der Waals surface area (Å²) in [5.74, 6) is -0.752. The van der Waals surface area contributed by atoms with Gasteiger partial charge in [0.2, 0.25) is 0 Å². The lowest BCUT2D eigenvalue weighted by atomic mass is 9.95. The first-order chi connectivity index (χ1) is 12.0. The predicted octanol–water partition coefficient (Wildman–Crippen LogP) is 4.09. The first kappa shape index (κ1) is 15.6. The lowest BCUT2D eigenvalue weighted by Crippen LogP contribution is -2.24. The van der Waals surface area contributed by atoms with E-state index in [0.29, 0.717) is 6.42 Å². The monoisotopic (exact) mass is 334 g/mol. The van der Waals surface area contributed by atoms with Gasteiger partial charge >= 0.3 is 11.9 Å². The molecule has 1 aliphatic carbocycles. The molecule has 0 bridgehead atoms. The molecule has 0 aliphatic heterocycles. The predicted molar refractivity (Wildman–Crippen MR) is 95.2 cm³/mol.